The number of hydrogen-bond donors (Lipinski definition) is 0. The van der Waals surface area contributed by atoms with E-state index >= 15 is 4.39 Å². The van der Waals surface area contributed by atoms with Crippen molar-refractivity contribution in [3.63, 3.8) is 0 Å². The summed E-state index contributed by atoms with van der Waals surface area (Å²) in [6.07, 6.45) is -2.69. The molecule has 38 heavy (non-hydrogen) atoms. The van der Waals surface area contributed by atoms with Gasteiger partial charge in [0.2, 0.25) is 0 Å². The smallest absolute Gasteiger partial charge is 0.422 e. The Labute approximate surface area is 215 Å². The Kier molecular flexibility index (Phi) is 8.29. The van der Waals surface area contributed by atoms with Gasteiger partial charge in [-0.25, -0.2) is 17.6 Å². The summed E-state index contributed by atoms with van der Waals surface area (Å²) in [5.41, 5.74) is 2.99. The van der Waals surface area contributed by atoms with Gasteiger partial charge in [-0.3, -0.25) is 0 Å². The molecule has 0 N–H and O–H groups in total. The monoisotopic (exact) mass is 534 g/mol. The highest BCUT2D eigenvalue weighted by Crippen LogP contribution is 2.28. The number of aryl methyl sites for hydroxylation is 5. The number of alkyl halides is 3. The van der Waals surface area contributed by atoms with Crippen molar-refractivity contribution in [3.8, 4) is 5.75 Å². The van der Waals surface area contributed by atoms with Gasteiger partial charge < -0.3 is 4.74 Å². The van der Waals surface area contributed by atoms with Gasteiger partial charge in [-0.15, -0.1) is 0 Å². The van der Waals surface area contributed by atoms with E-state index in [0.29, 0.717) is 34.7 Å². The summed E-state index contributed by atoms with van der Waals surface area (Å²) >= 11 is 0. The van der Waals surface area contributed by atoms with Crippen molar-refractivity contribution in [1.82, 2.24) is 0 Å². The van der Waals surface area contributed by atoms with Crippen molar-refractivity contribution < 1.29 is 35.5 Å². The summed E-state index contributed by atoms with van der Waals surface area (Å²) in [5.74, 6) is -4.29. The molecular formula is C30H25F7O. The second kappa shape index (κ2) is 11.5. The Hall–Kier alpha value is -3.55. The molecule has 0 aromatic heterocycles. The molecule has 4 aromatic carbocycles. The first-order chi connectivity index (χ1) is 18.0. The van der Waals surface area contributed by atoms with Crippen LogP contribution in [0.3, 0.4) is 0 Å². The number of ether oxygens (including phenoxy) is 1. The molecule has 200 valence electrons. The van der Waals surface area contributed by atoms with Gasteiger partial charge >= 0.3 is 6.18 Å². The van der Waals surface area contributed by atoms with Gasteiger partial charge in [-0.2, -0.15) is 13.2 Å². The lowest BCUT2D eigenvalue weighted by Crippen LogP contribution is -2.20. The van der Waals surface area contributed by atoms with E-state index in [1.807, 2.05) is 19.1 Å². The fourth-order valence-electron chi connectivity index (χ4n) is 4.36. The van der Waals surface area contributed by atoms with E-state index in [-0.39, 0.29) is 24.2 Å². The zero-order valence-corrected chi connectivity index (χ0v) is 20.6. The molecular weight excluding hydrogens is 509 g/mol. The van der Waals surface area contributed by atoms with Crippen LogP contribution in [-0.2, 0) is 32.1 Å². The van der Waals surface area contributed by atoms with Gasteiger partial charge in [0, 0.05) is 5.39 Å². The van der Waals surface area contributed by atoms with Crippen LogP contribution in [-0.4, -0.2) is 12.8 Å². The van der Waals surface area contributed by atoms with Crippen LogP contribution in [0.4, 0.5) is 30.7 Å². The topological polar surface area (TPSA) is 9.23 Å². The Bertz CT molecular complexity index is 1420. The third-order valence-corrected chi connectivity index (χ3v) is 6.43. The van der Waals surface area contributed by atoms with Crippen molar-refractivity contribution in [2.75, 3.05) is 6.61 Å². The maximum absolute atomic E-state index is 15.2. The maximum atomic E-state index is 15.2. The second-order valence-corrected chi connectivity index (χ2v) is 9.17. The van der Waals surface area contributed by atoms with E-state index in [4.69, 9.17) is 0 Å². The average Bonchev–Trinajstić information content (AvgIpc) is 2.86. The minimum absolute atomic E-state index is 0.0658. The normalized spacial score (nSPS) is 11.8. The first-order valence-corrected chi connectivity index (χ1v) is 12.2. The predicted octanol–water partition coefficient (Wildman–Crippen LogP) is 8.47. The standard InChI is InChI=1S/C30H25F7O/c1-2-18-3-7-21(25(31)14-18)8-4-19-6-12-24-23(13-19)11-10-22(28(24)34)9-5-20-15-26(32)29(27(33)16-20)38-17-30(35,36)37/h3,6-7,10-16H,2,4-5,8-9,17H2,1H3. The fourth-order valence-corrected chi connectivity index (χ4v) is 4.36. The Balaban J connectivity index is 1.43. The van der Waals surface area contributed by atoms with Gasteiger partial charge in [-0.05, 0) is 83.5 Å². The number of rotatable bonds is 9. The van der Waals surface area contributed by atoms with Crippen molar-refractivity contribution in [2.45, 2.75) is 45.2 Å². The molecule has 1 nitrogen and oxygen atoms in total. The van der Waals surface area contributed by atoms with Gasteiger partial charge in [-0.1, -0.05) is 49.4 Å². The van der Waals surface area contributed by atoms with Crippen LogP contribution >= 0.6 is 0 Å². The molecule has 0 unspecified atom stereocenters. The lowest BCUT2D eigenvalue weighted by atomic mass is 9.97. The molecule has 0 atom stereocenters. The lowest BCUT2D eigenvalue weighted by Gasteiger charge is -2.12. The van der Waals surface area contributed by atoms with Gasteiger partial charge in [0.25, 0.3) is 0 Å². The summed E-state index contributed by atoms with van der Waals surface area (Å²) < 4.78 is 98.9. The zero-order chi connectivity index (χ0) is 27.4. The van der Waals surface area contributed by atoms with Crippen molar-refractivity contribution >= 4 is 10.8 Å². The number of hydrogen-bond acceptors (Lipinski definition) is 1. The third-order valence-electron chi connectivity index (χ3n) is 6.43. The second-order valence-electron chi connectivity index (χ2n) is 9.17. The van der Waals surface area contributed by atoms with Crippen LogP contribution in [0.1, 0.15) is 34.7 Å². The molecule has 4 rings (SSSR count). The SMILES string of the molecule is CCc1ccc(CCc2ccc3c(F)c(CCc4cc(F)c(OCC(F)(F)F)c(F)c4)ccc3c2)c(F)c1. The van der Waals surface area contributed by atoms with Gasteiger partial charge in [0.15, 0.2) is 24.0 Å². The molecule has 0 radical (unpaired) electrons. The summed E-state index contributed by atoms with van der Waals surface area (Å²) in [5, 5.41) is 1.06. The van der Waals surface area contributed by atoms with E-state index in [1.54, 1.807) is 36.4 Å². The summed E-state index contributed by atoms with van der Waals surface area (Å²) in [4.78, 5) is 0. The largest absolute Gasteiger partial charge is 0.478 e. The molecule has 0 bridgehead atoms. The third kappa shape index (κ3) is 6.65. The Morgan fingerprint density at radius 1 is 0.632 bits per heavy atom. The fraction of sp³-hybridized carbons (Fsp3) is 0.267. The molecule has 0 spiro atoms. The molecule has 0 aliphatic heterocycles. The highest BCUT2D eigenvalue weighted by atomic mass is 19.4. The summed E-state index contributed by atoms with van der Waals surface area (Å²) in [7, 11) is 0. The molecule has 0 heterocycles. The van der Waals surface area contributed by atoms with Crippen LogP contribution in [0, 0.1) is 23.3 Å². The Morgan fingerprint density at radius 2 is 1.24 bits per heavy atom. The number of halogens is 7. The molecule has 0 fully saturated rings. The maximum Gasteiger partial charge on any atom is 0.422 e. The van der Waals surface area contributed by atoms with Crippen LogP contribution in [0.5, 0.6) is 5.75 Å². The predicted molar refractivity (Wildman–Crippen MR) is 132 cm³/mol. The van der Waals surface area contributed by atoms with Crippen LogP contribution in [0.15, 0.2) is 60.7 Å². The van der Waals surface area contributed by atoms with Gasteiger partial charge in [0.05, 0.1) is 0 Å². The molecule has 0 amide bonds. The van der Waals surface area contributed by atoms with E-state index in [2.05, 4.69) is 4.74 Å². The first kappa shape index (κ1) is 27.5. The quantitative estimate of drug-likeness (QED) is 0.196. The molecule has 0 saturated carbocycles. The van der Waals surface area contributed by atoms with Crippen LogP contribution < -0.4 is 4.74 Å². The average molecular weight is 535 g/mol. The molecule has 8 heteroatoms. The van der Waals surface area contributed by atoms with Crippen molar-refractivity contribution in [3.05, 3.63) is 112 Å². The molecule has 0 aliphatic rings. The van der Waals surface area contributed by atoms with Gasteiger partial charge in [0.1, 0.15) is 11.6 Å². The molecule has 0 aliphatic carbocycles. The molecule has 4 aromatic rings. The number of benzene rings is 4. The Morgan fingerprint density at radius 3 is 1.89 bits per heavy atom. The zero-order valence-electron chi connectivity index (χ0n) is 20.6. The van der Waals surface area contributed by atoms with E-state index < -0.39 is 36.0 Å². The van der Waals surface area contributed by atoms with E-state index in [0.717, 1.165) is 29.7 Å². The highest BCUT2D eigenvalue weighted by molar-refractivity contribution is 5.84. The molecule has 0 saturated heterocycles. The minimum Gasteiger partial charge on any atom is -0.478 e. The van der Waals surface area contributed by atoms with Crippen molar-refractivity contribution in [2.24, 2.45) is 0 Å². The van der Waals surface area contributed by atoms with Crippen LogP contribution in [0.2, 0.25) is 0 Å². The summed E-state index contributed by atoms with van der Waals surface area (Å²) in [6, 6.07) is 15.7. The van der Waals surface area contributed by atoms with E-state index in [9.17, 15) is 26.3 Å². The van der Waals surface area contributed by atoms with Crippen molar-refractivity contribution in [1.29, 1.82) is 0 Å². The van der Waals surface area contributed by atoms with Crippen LogP contribution in [0.25, 0.3) is 10.8 Å². The lowest BCUT2D eigenvalue weighted by molar-refractivity contribution is -0.154. The summed E-state index contributed by atoms with van der Waals surface area (Å²) in [6.45, 7) is 0.152. The van der Waals surface area contributed by atoms with E-state index in [1.165, 1.54) is 0 Å². The highest BCUT2D eigenvalue weighted by Gasteiger charge is 2.30. The number of fused-ring (bicyclic) bond motifs is 1. The minimum atomic E-state index is -4.73. The first-order valence-electron chi connectivity index (χ1n) is 12.2.